The summed E-state index contributed by atoms with van der Waals surface area (Å²) in [4.78, 5) is 4.81. The van der Waals surface area contributed by atoms with E-state index in [1.54, 1.807) is 11.2 Å². The van der Waals surface area contributed by atoms with E-state index in [0.717, 1.165) is 25.3 Å². The lowest BCUT2D eigenvalue weighted by atomic mass is 10.0. The molecule has 30 heavy (non-hydrogen) atoms. The maximum atomic E-state index is 12.1. The van der Waals surface area contributed by atoms with Crippen LogP contribution in [0, 0.1) is 0 Å². The number of piperidine rings is 1. The monoisotopic (exact) mass is 437 g/mol. The molecule has 7 nitrogen and oxygen atoms in total. The Bertz CT molecular complexity index is 772. The third-order valence-electron chi connectivity index (χ3n) is 5.44. The van der Waals surface area contributed by atoms with Crippen molar-refractivity contribution in [3.63, 3.8) is 0 Å². The van der Waals surface area contributed by atoms with Crippen LogP contribution in [0.3, 0.4) is 0 Å². The molecule has 0 bridgehead atoms. The zero-order valence-electron chi connectivity index (χ0n) is 19.1. The number of guanidine groups is 1. The van der Waals surface area contributed by atoms with Gasteiger partial charge in [0.25, 0.3) is 0 Å². The molecule has 3 N–H and O–H groups in total. The van der Waals surface area contributed by atoms with E-state index in [4.69, 9.17) is 4.99 Å². The Morgan fingerprint density at radius 1 is 1.20 bits per heavy atom. The van der Waals surface area contributed by atoms with Crippen LogP contribution in [0.2, 0.25) is 0 Å². The molecule has 1 heterocycles. The number of hydrogen-bond donors (Lipinski definition) is 3. The highest BCUT2D eigenvalue weighted by atomic mass is 32.2. The normalized spacial score (nSPS) is 18.2. The molecule has 1 aromatic rings. The fourth-order valence-corrected chi connectivity index (χ4v) is 4.84. The lowest BCUT2D eigenvalue weighted by Gasteiger charge is -2.33. The van der Waals surface area contributed by atoms with Crippen molar-refractivity contribution < 1.29 is 8.42 Å². The van der Waals surface area contributed by atoms with Crippen LogP contribution < -0.4 is 16.0 Å². The largest absolute Gasteiger partial charge is 0.357 e. The summed E-state index contributed by atoms with van der Waals surface area (Å²) in [7, 11) is -3.10. The molecule has 0 aromatic heterocycles. The summed E-state index contributed by atoms with van der Waals surface area (Å²) in [6, 6.07) is 10.9. The van der Waals surface area contributed by atoms with Crippen molar-refractivity contribution in [3.8, 4) is 0 Å². The van der Waals surface area contributed by atoms with Gasteiger partial charge in [0.1, 0.15) is 0 Å². The van der Waals surface area contributed by atoms with Crippen LogP contribution >= 0.6 is 0 Å². The molecule has 1 fully saturated rings. The molecule has 1 unspecified atom stereocenters. The first kappa shape index (κ1) is 24.6. The van der Waals surface area contributed by atoms with Crippen LogP contribution in [0.5, 0.6) is 0 Å². The first-order chi connectivity index (χ1) is 14.2. The zero-order chi connectivity index (χ0) is 22.2. The summed E-state index contributed by atoms with van der Waals surface area (Å²) in [5, 5.41) is 10.5. The van der Waals surface area contributed by atoms with E-state index in [2.05, 4.69) is 67.9 Å². The second kappa shape index (κ2) is 11.1. The minimum Gasteiger partial charge on any atom is -0.357 e. The predicted octanol–water partition coefficient (Wildman–Crippen LogP) is 2.49. The molecule has 0 amide bonds. The van der Waals surface area contributed by atoms with Crippen molar-refractivity contribution in [2.45, 2.75) is 65.1 Å². The third-order valence-corrected chi connectivity index (χ3v) is 7.32. The molecule has 0 saturated carbocycles. The Morgan fingerprint density at radius 3 is 2.40 bits per heavy atom. The Morgan fingerprint density at radius 2 is 1.83 bits per heavy atom. The van der Waals surface area contributed by atoms with Crippen LogP contribution in [0.1, 0.15) is 59.1 Å². The van der Waals surface area contributed by atoms with Crippen molar-refractivity contribution >= 4 is 16.0 Å². The summed E-state index contributed by atoms with van der Waals surface area (Å²) in [5.74, 6) is 0.954. The van der Waals surface area contributed by atoms with Gasteiger partial charge in [0.15, 0.2) is 5.96 Å². The predicted molar refractivity (Wildman–Crippen MR) is 125 cm³/mol. The second-order valence-electron chi connectivity index (χ2n) is 8.57. The first-order valence-corrected chi connectivity index (χ1v) is 12.6. The SMILES string of the molecule is CCNC(=NCC(C)(C)NC(C)c1ccccc1)NC1CCN(S(=O)(=O)CC)CC1. The minimum atomic E-state index is -3.10. The van der Waals surface area contributed by atoms with Gasteiger partial charge in [-0.2, -0.15) is 0 Å². The molecule has 0 spiro atoms. The Labute approximate surface area is 182 Å². The quantitative estimate of drug-likeness (QED) is 0.408. The summed E-state index contributed by atoms with van der Waals surface area (Å²) in [6.45, 7) is 12.8. The number of nitrogens with zero attached hydrogens (tertiary/aromatic N) is 2. The molecule has 1 aliphatic heterocycles. The van der Waals surface area contributed by atoms with Crippen LogP contribution in [0.25, 0.3) is 0 Å². The van der Waals surface area contributed by atoms with Crippen molar-refractivity contribution in [1.29, 1.82) is 0 Å². The molecular formula is C22H39N5O2S. The Hall–Kier alpha value is -1.64. The molecule has 1 aromatic carbocycles. The molecule has 0 aliphatic carbocycles. The van der Waals surface area contributed by atoms with E-state index in [1.807, 2.05) is 6.07 Å². The number of nitrogens with one attached hydrogen (secondary N) is 3. The highest BCUT2D eigenvalue weighted by molar-refractivity contribution is 7.89. The first-order valence-electron chi connectivity index (χ1n) is 11.0. The summed E-state index contributed by atoms with van der Waals surface area (Å²) in [5.41, 5.74) is 1.09. The highest BCUT2D eigenvalue weighted by Crippen LogP contribution is 2.17. The average molecular weight is 438 g/mol. The lowest BCUT2D eigenvalue weighted by molar-refractivity contribution is 0.306. The second-order valence-corrected chi connectivity index (χ2v) is 10.8. The van der Waals surface area contributed by atoms with Crippen LogP contribution in [-0.4, -0.2) is 62.2 Å². The van der Waals surface area contributed by atoms with Gasteiger partial charge < -0.3 is 16.0 Å². The number of rotatable bonds is 9. The van der Waals surface area contributed by atoms with E-state index in [-0.39, 0.29) is 23.4 Å². The number of benzene rings is 1. The van der Waals surface area contributed by atoms with Gasteiger partial charge in [-0.25, -0.2) is 12.7 Å². The molecule has 170 valence electrons. The van der Waals surface area contributed by atoms with Crippen molar-refractivity contribution in [1.82, 2.24) is 20.3 Å². The highest BCUT2D eigenvalue weighted by Gasteiger charge is 2.27. The summed E-state index contributed by atoms with van der Waals surface area (Å²) < 4.78 is 25.7. The van der Waals surface area contributed by atoms with Gasteiger partial charge in [-0.1, -0.05) is 30.3 Å². The molecule has 2 rings (SSSR count). The molecular weight excluding hydrogens is 398 g/mol. The van der Waals surface area contributed by atoms with Crippen molar-refractivity contribution in [3.05, 3.63) is 35.9 Å². The van der Waals surface area contributed by atoms with E-state index in [9.17, 15) is 8.42 Å². The fraction of sp³-hybridized carbons (Fsp3) is 0.682. The zero-order valence-corrected chi connectivity index (χ0v) is 19.9. The van der Waals surface area contributed by atoms with Gasteiger partial charge in [-0.3, -0.25) is 4.99 Å². The molecule has 1 atom stereocenters. The van der Waals surface area contributed by atoms with Crippen LogP contribution in [0.4, 0.5) is 0 Å². The Kier molecular flexibility index (Phi) is 9.12. The molecule has 1 aliphatic rings. The van der Waals surface area contributed by atoms with Gasteiger partial charge in [0.05, 0.1) is 12.3 Å². The van der Waals surface area contributed by atoms with Gasteiger partial charge in [-0.05, 0) is 53.0 Å². The minimum absolute atomic E-state index is 0.165. The average Bonchev–Trinajstić information content (AvgIpc) is 2.73. The van der Waals surface area contributed by atoms with Gasteiger partial charge >= 0.3 is 0 Å². The molecule has 0 radical (unpaired) electrons. The maximum Gasteiger partial charge on any atom is 0.213 e. The van der Waals surface area contributed by atoms with Crippen molar-refractivity contribution in [2.75, 3.05) is 31.9 Å². The number of aliphatic imine (C=N–C) groups is 1. The summed E-state index contributed by atoms with van der Waals surface area (Å²) in [6.07, 6.45) is 1.58. The standard InChI is InChI=1S/C22H39N5O2S/c1-6-23-21(25-20-13-15-27(16-14-20)30(28,29)7-2)24-17-22(4,5)26-18(3)19-11-9-8-10-12-19/h8-12,18,20,26H,6-7,13-17H2,1-5H3,(H2,23,24,25). The summed E-state index contributed by atoms with van der Waals surface area (Å²) >= 11 is 0. The van der Waals surface area contributed by atoms with Crippen LogP contribution in [-0.2, 0) is 10.0 Å². The topological polar surface area (TPSA) is 85.8 Å². The third kappa shape index (κ3) is 7.56. The maximum absolute atomic E-state index is 12.1. The van der Waals surface area contributed by atoms with Crippen LogP contribution in [0.15, 0.2) is 35.3 Å². The fourth-order valence-electron chi connectivity index (χ4n) is 3.71. The van der Waals surface area contributed by atoms with Crippen molar-refractivity contribution in [2.24, 2.45) is 4.99 Å². The van der Waals surface area contributed by atoms with Gasteiger partial charge in [0.2, 0.25) is 10.0 Å². The number of sulfonamides is 1. The van der Waals surface area contributed by atoms with Gasteiger partial charge in [-0.15, -0.1) is 0 Å². The number of hydrogen-bond acceptors (Lipinski definition) is 4. The van der Waals surface area contributed by atoms with E-state index in [1.165, 1.54) is 5.56 Å². The lowest BCUT2D eigenvalue weighted by Crippen LogP contribution is -2.51. The van der Waals surface area contributed by atoms with E-state index >= 15 is 0 Å². The molecule has 8 heteroatoms. The Balaban J connectivity index is 1.92. The smallest absolute Gasteiger partial charge is 0.213 e. The molecule has 1 saturated heterocycles. The van der Waals surface area contributed by atoms with E-state index in [0.29, 0.717) is 19.6 Å². The van der Waals surface area contributed by atoms with E-state index < -0.39 is 10.0 Å². The van der Waals surface area contributed by atoms with Gasteiger partial charge in [0, 0.05) is 37.3 Å².